The van der Waals surface area contributed by atoms with E-state index in [1.54, 1.807) is 6.26 Å². The second-order valence-corrected chi connectivity index (χ2v) is 5.40. The largest absolute Gasteiger partial charge is 0.319 e. The summed E-state index contributed by atoms with van der Waals surface area (Å²) in [6, 6.07) is 6.57. The molecule has 0 unspecified atom stereocenters. The fourth-order valence-electron chi connectivity index (χ4n) is 1.90. The van der Waals surface area contributed by atoms with Gasteiger partial charge in [0.2, 0.25) is 0 Å². The number of nitro groups is 2. The lowest BCUT2D eigenvalue weighted by molar-refractivity contribution is -0.385. The van der Waals surface area contributed by atoms with Gasteiger partial charge in [-0.05, 0) is 24.5 Å². The minimum absolute atomic E-state index is 0.266. The van der Waals surface area contributed by atoms with Crippen molar-refractivity contribution in [2.24, 2.45) is 0 Å². The summed E-state index contributed by atoms with van der Waals surface area (Å²) in [5, 5.41) is 23.9. The van der Waals surface area contributed by atoms with Gasteiger partial charge in [0.1, 0.15) is 11.4 Å². The average molecular weight is 351 g/mol. The summed E-state index contributed by atoms with van der Waals surface area (Å²) in [4.78, 5) is 33.2. The second-order valence-electron chi connectivity index (χ2n) is 4.52. The van der Waals surface area contributed by atoms with Crippen LogP contribution in [0.3, 0.4) is 0 Å². The van der Waals surface area contributed by atoms with E-state index < -0.39 is 38.6 Å². The average Bonchev–Trinajstić information content (AvgIpc) is 2.55. The van der Waals surface area contributed by atoms with Crippen LogP contribution in [0.1, 0.15) is 10.4 Å². The van der Waals surface area contributed by atoms with E-state index >= 15 is 0 Å². The molecule has 124 valence electrons. The van der Waals surface area contributed by atoms with Gasteiger partial charge in [0.25, 0.3) is 17.3 Å². The van der Waals surface area contributed by atoms with E-state index in [1.807, 2.05) is 0 Å². The van der Waals surface area contributed by atoms with E-state index in [1.165, 1.54) is 30.0 Å². The van der Waals surface area contributed by atoms with E-state index in [4.69, 9.17) is 0 Å². The van der Waals surface area contributed by atoms with Crippen molar-refractivity contribution >= 4 is 34.7 Å². The molecular weight excluding hydrogens is 341 g/mol. The molecule has 24 heavy (non-hydrogen) atoms. The van der Waals surface area contributed by atoms with Crippen LogP contribution in [0.5, 0.6) is 0 Å². The van der Waals surface area contributed by atoms with Gasteiger partial charge in [0.05, 0.1) is 15.5 Å². The quantitative estimate of drug-likeness (QED) is 0.500. The molecule has 0 heterocycles. The predicted molar refractivity (Wildman–Crippen MR) is 85.9 cm³/mol. The van der Waals surface area contributed by atoms with Gasteiger partial charge < -0.3 is 5.32 Å². The van der Waals surface area contributed by atoms with Crippen LogP contribution in [0.25, 0.3) is 0 Å². The first-order valence-electron chi connectivity index (χ1n) is 6.41. The standard InChI is InChI=1S/C14H10FN3O5S/c1-24-9-3-5-13(18(22)23)10(7-9)14(19)16-12-6-8(17(20)21)2-4-11(12)15/h2-7H,1H3,(H,16,19). The molecule has 0 radical (unpaired) electrons. The zero-order chi connectivity index (χ0) is 17.9. The molecule has 0 spiro atoms. The van der Waals surface area contributed by atoms with Crippen LogP contribution in [-0.4, -0.2) is 22.0 Å². The molecule has 0 aliphatic carbocycles. The lowest BCUT2D eigenvalue weighted by Gasteiger charge is -2.08. The zero-order valence-electron chi connectivity index (χ0n) is 12.2. The zero-order valence-corrected chi connectivity index (χ0v) is 13.0. The number of hydrogen-bond donors (Lipinski definition) is 1. The van der Waals surface area contributed by atoms with Crippen molar-refractivity contribution in [3.63, 3.8) is 0 Å². The Morgan fingerprint density at radius 2 is 1.83 bits per heavy atom. The van der Waals surface area contributed by atoms with Crippen LogP contribution in [0.2, 0.25) is 0 Å². The van der Waals surface area contributed by atoms with E-state index in [9.17, 15) is 29.4 Å². The van der Waals surface area contributed by atoms with Crippen LogP contribution >= 0.6 is 11.8 Å². The summed E-state index contributed by atoms with van der Waals surface area (Å²) in [6.45, 7) is 0. The highest BCUT2D eigenvalue weighted by Crippen LogP contribution is 2.27. The number of carbonyl (C=O) groups excluding carboxylic acids is 1. The summed E-state index contributed by atoms with van der Waals surface area (Å²) < 4.78 is 13.7. The van der Waals surface area contributed by atoms with Gasteiger partial charge in [-0.15, -0.1) is 11.8 Å². The van der Waals surface area contributed by atoms with Crippen molar-refractivity contribution in [1.82, 2.24) is 0 Å². The van der Waals surface area contributed by atoms with E-state index in [2.05, 4.69) is 5.32 Å². The summed E-state index contributed by atoms with van der Waals surface area (Å²) in [6.07, 6.45) is 1.73. The number of nitrogens with one attached hydrogen (secondary N) is 1. The molecule has 0 aliphatic rings. The number of rotatable bonds is 5. The SMILES string of the molecule is CSc1ccc([N+](=O)[O-])c(C(=O)Nc2cc([N+](=O)[O-])ccc2F)c1. The van der Waals surface area contributed by atoms with Crippen LogP contribution in [0.4, 0.5) is 21.5 Å². The van der Waals surface area contributed by atoms with Crippen LogP contribution in [0.15, 0.2) is 41.3 Å². The van der Waals surface area contributed by atoms with Crippen LogP contribution in [0, 0.1) is 26.0 Å². The van der Waals surface area contributed by atoms with Gasteiger partial charge in [0, 0.05) is 23.1 Å². The Balaban J connectivity index is 2.41. The molecule has 2 aromatic rings. The Kier molecular flexibility index (Phi) is 5.09. The first-order chi connectivity index (χ1) is 11.3. The Labute approximate surface area is 139 Å². The Bertz CT molecular complexity index is 843. The minimum atomic E-state index is -0.933. The molecule has 0 aromatic heterocycles. The highest BCUT2D eigenvalue weighted by Gasteiger charge is 2.22. The first kappa shape index (κ1) is 17.3. The molecule has 2 aromatic carbocycles. The number of non-ortho nitro benzene ring substituents is 1. The molecule has 0 aliphatic heterocycles. The Morgan fingerprint density at radius 3 is 2.42 bits per heavy atom. The number of benzene rings is 2. The number of thioether (sulfide) groups is 1. The number of hydrogen-bond acceptors (Lipinski definition) is 6. The van der Waals surface area contributed by atoms with Gasteiger partial charge in [-0.25, -0.2) is 4.39 Å². The maximum absolute atomic E-state index is 13.7. The van der Waals surface area contributed by atoms with Crippen LogP contribution in [-0.2, 0) is 0 Å². The predicted octanol–water partition coefficient (Wildman–Crippen LogP) is 3.62. The number of halogens is 1. The molecule has 1 N–H and O–H groups in total. The lowest BCUT2D eigenvalue weighted by atomic mass is 10.1. The van der Waals surface area contributed by atoms with Gasteiger partial charge in [-0.2, -0.15) is 0 Å². The third kappa shape index (κ3) is 3.66. The number of nitrogens with zero attached hydrogens (tertiary/aromatic N) is 2. The molecule has 8 nitrogen and oxygen atoms in total. The molecule has 0 bridgehead atoms. The maximum atomic E-state index is 13.7. The fraction of sp³-hybridized carbons (Fsp3) is 0.0714. The summed E-state index contributed by atoms with van der Waals surface area (Å²) >= 11 is 1.27. The van der Waals surface area contributed by atoms with E-state index in [0.717, 1.165) is 18.2 Å². The van der Waals surface area contributed by atoms with Gasteiger partial charge in [-0.3, -0.25) is 25.0 Å². The molecule has 0 fully saturated rings. The number of amides is 1. The number of nitro benzene ring substituents is 2. The van der Waals surface area contributed by atoms with Crippen molar-refractivity contribution in [3.05, 3.63) is 68.0 Å². The molecule has 10 heteroatoms. The monoisotopic (exact) mass is 351 g/mol. The van der Waals surface area contributed by atoms with Gasteiger partial charge in [0.15, 0.2) is 0 Å². The lowest BCUT2D eigenvalue weighted by Crippen LogP contribution is -2.15. The summed E-state index contributed by atoms with van der Waals surface area (Å²) in [7, 11) is 0. The highest BCUT2D eigenvalue weighted by molar-refractivity contribution is 7.98. The van der Waals surface area contributed by atoms with E-state index in [0.29, 0.717) is 4.90 Å². The topological polar surface area (TPSA) is 115 Å². The molecule has 0 atom stereocenters. The maximum Gasteiger partial charge on any atom is 0.282 e. The third-order valence-corrected chi connectivity index (χ3v) is 3.78. The summed E-state index contributed by atoms with van der Waals surface area (Å²) in [5.41, 5.74) is -1.56. The molecule has 0 saturated heterocycles. The highest BCUT2D eigenvalue weighted by atomic mass is 32.2. The van der Waals surface area contributed by atoms with Crippen molar-refractivity contribution in [2.75, 3.05) is 11.6 Å². The smallest absolute Gasteiger partial charge is 0.282 e. The first-order valence-corrected chi connectivity index (χ1v) is 7.63. The molecule has 2 rings (SSSR count). The fourth-order valence-corrected chi connectivity index (χ4v) is 2.34. The Hall–Kier alpha value is -3.01. The van der Waals surface area contributed by atoms with Crippen molar-refractivity contribution < 1.29 is 19.0 Å². The Morgan fingerprint density at radius 1 is 1.12 bits per heavy atom. The third-order valence-electron chi connectivity index (χ3n) is 3.05. The normalized spacial score (nSPS) is 10.2. The summed E-state index contributed by atoms with van der Waals surface area (Å²) in [5.74, 6) is -1.82. The van der Waals surface area contributed by atoms with Crippen molar-refractivity contribution in [2.45, 2.75) is 4.90 Å². The molecular formula is C14H10FN3O5S. The van der Waals surface area contributed by atoms with Gasteiger partial charge in [-0.1, -0.05) is 0 Å². The number of carbonyl (C=O) groups is 1. The number of anilines is 1. The van der Waals surface area contributed by atoms with Crippen molar-refractivity contribution in [1.29, 1.82) is 0 Å². The molecule has 1 amide bonds. The van der Waals surface area contributed by atoms with Crippen molar-refractivity contribution in [3.8, 4) is 0 Å². The second kappa shape index (κ2) is 7.04. The van der Waals surface area contributed by atoms with Gasteiger partial charge >= 0.3 is 0 Å². The molecule has 0 saturated carbocycles. The minimum Gasteiger partial charge on any atom is -0.319 e. The van der Waals surface area contributed by atoms with Crippen LogP contribution < -0.4 is 5.32 Å². The van der Waals surface area contributed by atoms with E-state index in [-0.39, 0.29) is 5.56 Å².